The Bertz CT molecular complexity index is 589. The Labute approximate surface area is 140 Å². The molecule has 7 heteroatoms. The second kappa shape index (κ2) is 6.93. The molecule has 1 aromatic rings. The highest BCUT2D eigenvalue weighted by atomic mass is 19.3. The molecule has 2 fully saturated rings. The van der Waals surface area contributed by atoms with Crippen LogP contribution in [0.1, 0.15) is 19.3 Å². The molecule has 0 spiro atoms. The summed E-state index contributed by atoms with van der Waals surface area (Å²) < 4.78 is 31.7. The van der Waals surface area contributed by atoms with E-state index >= 15 is 0 Å². The topological polar surface area (TPSA) is 53.6 Å². The monoisotopic (exact) mass is 339 g/mol. The van der Waals surface area contributed by atoms with Crippen molar-refractivity contribution in [1.29, 1.82) is 0 Å². The van der Waals surface area contributed by atoms with Crippen molar-refractivity contribution in [1.82, 2.24) is 10.2 Å². The molecule has 0 saturated carbocycles. The van der Waals surface area contributed by atoms with Crippen molar-refractivity contribution in [3.05, 3.63) is 24.3 Å². The van der Waals surface area contributed by atoms with Gasteiger partial charge in [-0.15, -0.1) is 0 Å². The fraction of sp³-hybridized carbons (Fsp3) is 0.588. The first-order valence-corrected chi connectivity index (χ1v) is 8.27. The summed E-state index contributed by atoms with van der Waals surface area (Å²) in [5, 5.41) is 6.08. The maximum atomic E-state index is 13.2. The van der Waals surface area contributed by atoms with Crippen LogP contribution in [0.15, 0.2) is 24.3 Å². The number of piperidine rings is 1. The summed E-state index contributed by atoms with van der Waals surface area (Å²) in [4.78, 5) is 14.0. The number of hydrogen-bond acceptors (Lipinski definition) is 4. The fourth-order valence-electron chi connectivity index (χ4n) is 3.30. The zero-order chi connectivity index (χ0) is 17.2. The number of halogens is 2. The smallest absolute Gasteiger partial charge is 0.262 e. The molecule has 1 unspecified atom stereocenters. The Balaban J connectivity index is 1.49. The maximum absolute atomic E-state index is 13.2. The van der Waals surface area contributed by atoms with Crippen LogP contribution in [0.3, 0.4) is 0 Å². The van der Waals surface area contributed by atoms with Crippen LogP contribution in [0.5, 0.6) is 5.75 Å². The molecule has 0 radical (unpaired) electrons. The van der Waals surface area contributed by atoms with Crippen molar-refractivity contribution in [2.24, 2.45) is 0 Å². The van der Waals surface area contributed by atoms with Crippen molar-refractivity contribution in [2.75, 3.05) is 32.1 Å². The van der Waals surface area contributed by atoms with E-state index in [1.54, 1.807) is 12.0 Å². The molecule has 2 N–H and O–H groups in total. The summed E-state index contributed by atoms with van der Waals surface area (Å²) in [6.07, 6.45) is 1.20. The molecule has 0 bridgehead atoms. The second-order valence-corrected chi connectivity index (χ2v) is 6.47. The highest BCUT2D eigenvalue weighted by molar-refractivity contribution is 5.82. The molecule has 5 nitrogen and oxygen atoms in total. The van der Waals surface area contributed by atoms with Gasteiger partial charge in [0.05, 0.1) is 19.7 Å². The lowest BCUT2D eigenvalue weighted by molar-refractivity contribution is -0.134. The molecule has 3 rings (SSSR count). The highest BCUT2D eigenvalue weighted by Crippen LogP contribution is 2.27. The molecule has 2 saturated heterocycles. The number of carbonyl (C=O) groups is 1. The summed E-state index contributed by atoms with van der Waals surface area (Å²) >= 11 is 0. The molecule has 24 heavy (non-hydrogen) atoms. The summed E-state index contributed by atoms with van der Waals surface area (Å²) in [6, 6.07) is 7.23. The number of rotatable bonds is 4. The van der Waals surface area contributed by atoms with E-state index in [-0.39, 0.29) is 11.9 Å². The Hall–Kier alpha value is -1.89. The van der Waals surface area contributed by atoms with Crippen LogP contribution in [0, 0.1) is 0 Å². The van der Waals surface area contributed by atoms with Crippen molar-refractivity contribution in [3.8, 4) is 5.75 Å². The zero-order valence-corrected chi connectivity index (χ0v) is 13.7. The Morgan fingerprint density at radius 3 is 2.75 bits per heavy atom. The molecule has 2 aliphatic heterocycles. The number of nitrogens with zero attached hydrogens (tertiary/aromatic N) is 1. The van der Waals surface area contributed by atoms with E-state index in [4.69, 9.17) is 4.74 Å². The largest absolute Gasteiger partial charge is 0.497 e. The molecule has 0 aliphatic carbocycles. The van der Waals surface area contributed by atoms with Gasteiger partial charge in [-0.3, -0.25) is 10.1 Å². The maximum Gasteiger partial charge on any atom is 0.262 e. The van der Waals surface area contributed by atoms with Crippen LogP contribution in [0.2, 0.25) is 0 Å². The van der Waals surface area contributed by atoms with Crippen LogP contribution in [-0.2, 0) is 4.79 Å². The van der Waals surface area contributed by atoms with Gasteiger partial charge in [0.2, 0.25) is 5.91 Å². The predicted octanol–water partition coefficient (Wildman–Crippen LogP) is 2.10. The summed E-state index contributed by atoms with van der Waals surface area (Å²) in [5.74, 6) is -2.18. The van der Waals surface area contributed by atoms with Crippen LogP contribution in [0.25, 0.3) is 0 Å². The van der Waals surface area contributed by atoms with Crippen LogP contribution in [-0.4, -0.2) is 55.6 Å². The number of amides is 1. The first kappa shape index (κ1) is 17.0. The van der Waals surface area contributed by atoms with Crippen LogP contribution in [0.4, 0.5) is 14.5 Å². The minimum atomic E-state index is -2.77. The minimum absolute atomic E-state index is 0.202. The summed E-state index contributed by atoms with van der Waals surface area (Å²) in [6.45, 7) is 0.770. The van der Waals surface area contributed by atoms with Crippen molar-refractivity contribution in [2.45, 2.75) is 37.3 Å². The van der Waals surface area contributed by atoms with E-state index in [2.05, 4.69) is 10.6 Å². The first-order valence-electron chi connectivity index (χ1n) is 8.27. The standard InChI is InChI=1S/C17H23F2N3O2/c1-24-14-4-2-3-13(9-14)21-12-5-7-22(8-6-12)16(23)15-10-17(18,19)11-20-15/h2-4,9,12,15,20-21H,5-8,10-11H2,1H3. The minimum Gasteiger partial charge on any atom is -0.497 e. The molecule has 1 amide bonds. The molecular formula is C17H23F2N3O2. The number of ether oxygens (including phenoxy) is 1. The Morgan fingerprint density at radius 2 is 2.12 bits per heavy atom. The van der Waals surface area contributed by atoms with Gasteiger partial charge in [-0.2, -0.15) is 0 Å². The van der Waals surface area contributed by atoms with Gasteiger partial charge in [0.1, 0.15) is 5.75 Å². The van der Waals surface area contributed by atoms with Gasteiger partial charge < -0.3 is 15.0 Å². The van der Waals surface area contributed by atoms with E-state index in [0.29, 0.717) is 13.1 Å². The van der Waals surface area contributed by atoms with Crippen LogP contribution < -0.4 is 15.4 Å². The summed E-state index contributed by atoms with van der Waals surface area (Å²) in [5.41, 5.74) is 0.983. The SMILES string of the molecule is COc1cccc(NC2CCN(C(=O)C3CC(F)(F)CN3)CC2)c1. The predicted molar refractivity (Wildman–Crippen MR) is 87.6 cm³/mol. The molecule has 1 aromatic carbocycles. The van der Waals surface area contributed by atoms with Gasteiger partial charge >= 0.3 is 0 Å². The molecule has 0 aromatic heterocycles. The average molecular weight is 339 g/mol. The van der Waals surface area contributed by atoms with E-state index < -0.39 is 24.9 Å². The number of nitrogens with one attached hydrogen (secondary N) is 2. The quantitative estimate of drug-likeness (QED) is 0.882. The molecule has 132 valence electrons. The van der Waals surface area contributed by atoms with Gasteiger partial charge in [-0.25, -0.2) is 8.78 Å². The lowest BCUT2D eigenvalue weighted by Gasteiger charge is -2.34. The Kier molecular flexibility index (Phi) is 4.89. The van der Waals surface area contributed by atoms with E-state index in [1.807, 2.05) is 24.3 Å². The number of hydrogen-bond donors (Lipinski definition) is 2. The lowest BCUT2D eigenvalue weighted by Crippen LogP contribution is -2.48. The number of methoxy groups -OCH3 is 1. The molecule has 2 heterocycles. The van der Waals surface area contributed by atoms with Crippen molar-refractivity contribution in [3.63, 3.8) is 0 Å². The third kappa shape index (κ3) is 3.95. The zero-order valence-electron chi connectivity index (χ0n) is 13.7. The molecule has 1 atom stereocenters. The lowest BCUT2D eigenvalue weighted by atomic mass is 10.0. The number of benzene rings is 1. The Morgan fingerprint density at radius 1 is 1.38 bits per heavy atom. The van der Waals surface area contributed by atoms with Gasteiger partial charge in [0, 0.05) is 37.3 Å². The van der Waals surface area contributed by atoms with Gasteiger partial charge in [0.25, 0.3) is 5.92 Å². The van der Waals surface area contributed by atoms with Gasteiger partial charge in [-0.05, 0) is 25.0 Å². The third-order valence-corrected chi connectivity index (χ3v) is 4.66. The molecule has 2 aliphatic rings. The summed E-state index contributed by atoms with van der Waals surface area (Å²) in [7, 11) is 1.63. The number of alkyl halides is 2. The number of carbonyl (C=O) groups excluding carboxylic acids is 1. The first-order chi connectivity index (χ1) is 11.5. The normalized spacial score (nSPS) is 24.0. The number of likely N-dealkylation sites (tertiary alicyclic amines) is 1. The third-order valence-electron chi connectivity index (χ3n) is 4.66. The van der Waals surface area contributed by atoms with Crippen molar-refractivity contribution >= 4 is 11.6 Å². The van der Waals surface area contributed by atoms with E-state index in [0.717, 1.165) is 24.3 Å². The second-order valence-electron chi connectivity index (χ2n) is 6.47. The van der Waals surface area contributed by atoms with Gasteiger partial charge in [-0.1, -0.05) is 6.07 Å². The van der Waals surface area contributed by atoms with Gasteiger partial charge in [0.15, 0.2) is 0 Å². The molecular weight excluding hydrogens is 316 g/mol. The number of anilines is 1. The fourth-order valence-corrected chi connectivity index (χ4v) is 3.30. The van der Waals surface area contributed by atoms with E-state index in [9.17, 15) is 13.6 Å². The van der Waals surface area contributed by atoms with Crippen LogP contribution >= 0.6 is 0 Å². The van der Waals surface area contributed by atoms with Crippen molar-refractivity contribution < 1.29 is 18.3 Å². The van der Waals surface area contributed by atoms with E-state index in [1.165, 1.54) is 0 Å². The average Bonchev–Trinajstić information content (AvgIpc) is 2.95. The highest BCUT2D eigenvalue weighted by Gasteiger charge is 2.43.